The second-order valence-corrected chi connectivity index (χ2v) is 6.86. The van der Waals surface area contributed by atoms with E-state index in [4.69, 9.17) is 5.73 Å². The van der Waals surface area contributed by atoms with Gasteiger partial charge in [-0.25, -0.2) is 8.78 Å². The predicted molar refractivity (Wildman–Crippen MR) is 103 cm³/mol. The Bertz CT molecular complexity index is 1030. The van der Waals surface area contributed by atoms with Gasteiger partial charge in [0.1, 0.15) is 6.42 Å². The van der Waals surface area contributed by atoms with E-state index in [9.17, 15) is 28.0 Å². The summed E-state index contributed by atoms with van der Waals surface area (Å²) in [6.45, 7) is -1.14. The van der Waals surface area contributed by atoms with Crippen LogP contribution >= 0.6 is 0 Å². The van der Waals surface area contributed by atoms with Crippen LogP contribution in [0.1, 0.15) is 23.2 Å². The molecule has 3 rings (SSSR count). The van der Waals surface area contributed by atoms with Crippen LogP contribution in [0.3, 0.4) is 0 Å². The maximum atomic E-state index is 13.2. The quantitative estimate of drug-likeness (QED) is 0.591. The van der Waals surface area contributed by atoms with E-state index < -0.39 is 55.5 Å². The van der Waals surface area contributed by atoms with Gasteiger partial charge in [0, 0.05) is 24.5 Å². The molecule has 2 heterocycles. The van der Waals surface area contributed by atoms with Crippen molar-refractivity contribution in [1.82, 2.24) is 15.2 Å². The van der Waals surface area contributed by atoms with Gasteiger partial charge in [0.05, 0.1) is 29.9 Å². The minimum absolute atomic E-state index is 0.0613. The van der Waals surface area contributed by atoms with Crippen molar-refractivity contribution in [3.05, 3.63) is 36.0 Å². The highest BCUT2D eigenvalue weighted by molar-refractivity contribution is 6.12. The number of benzene rings is 1. The first-order valence-electron chi connectivity index (χ1n) is 9.06. The molecule has 158 valence electrons. The predicted octanol–water partition coefficient (Wildman–Crippen LogP) is 0.646. The maximum absolute atomic E-state index is 13.2. The molecule has 1 saturated heterocycles. The Balaban J connectivity index is 1.73. The molecule has 0 aliphatic carbocycles. The summed E-state index contributed by atoms with van der Waals surface area (Å²) in [6, 6.07) is 6.16. The number of nitrogens with one attached hydrogen (secondary N) is 2. The highest BCUT2D eigenvalue weighted by atomic mass is 19.3. The molecule has 0 spiro atoms. The van der Waals surface area contributed by atoms with Crippen LogP contribution in [0.5, 0.6) is 0 Å². The van der Waals surface area contributed by atoms with E-state index in [0.717, 1.165) is 4.90 Å². The number of fused-ring (bicyclic) bond motifs is 1. The first-order valence-corrected chi connectivity index (χ1v) is 9.06. The van der Waals surface area contributed by atoms with E-state index in [1.54, 1.807) is 18.2 Å². The summed E-state index contributed by atoms with van der Waals surface area (Å²) in [7, 11) is 0. The Morgan fingerprint density at radius 2 is 1.97 bits per heavy atom. The Morgan fingerprint density at radius 1 is 1.20 bits per heavy atom. The zero-order chi connectivity index (χ0) is 21.9. The molecule has 1 aromatic carbocycles. The van der Waals surface area contributed by atoms with Crippen LogP contribution in [0.4, 0.5) is 14.5 Å². The number of likely N-dealkylation sites (tertiary alicyclic amines) is 1. The fraction of sp³-hybridized carbons (Fsp3) is 0.316. The molecular formula is C19H19F2N5O4. The van der Waals surface area contributed by atoms with Gasteiger partial charge in [0.2, 0.25) is 17.7 Å². The number of pyridine rings is 1. The second-order valence-electron chi connectivity index (χ2n) is 6.86. The van der Waals surface area contributed by atoms with Crippen molar-refractivity contribution in [2.45, 2.75) is 18.8 Å². The fourth-order valence-electron chi connectivity index (χ4n) is 3.14. The Morgan fingerprint density at radius 3 is 2.63 bits per heavy atom. The molecule has 1 aliphatic rings. The first kappa shape index (κ1) is 21.1. The number of carbonyl (C=O) groups excluding carboxylic acids is 4. The molecule has 9 nitrogen and oxygen atoms in total. The number of alkyl halides is 2. The molecule has 1 aromatic heterocycles. The van der Waals surface area contributed by atoms with E-state index in [2.05, 4.69) is 15.6 Å². The number of aromatic nitrogens is 1. The Hall–Kier alpha value is -3.63. The molecular weight excluding hydrogens is 400 g/mol. The third kappa shape index (κ3) is 4.85. The molecule has 1 aliphatic heterocycles. The van der Waals surface area contributed by atoms with E-state index >= 15 is 0 Å². The summed E-state index contributed by atoms with van der Waals surface area (Å²) in [4.78, 5) is 52.5. The summed E-state index contributed by atoms with van der Waals surface area (Å²) >= 11 is 0. The zero-order valence-corrected chi connectivity index (χ0v) is 15.8. The number of amides is 4. The summed E-state index contributed by atoms with van der Waals surface area (Å²) in [6.07, 6.45) is 0.448. The summed E-state index contributed by atoms with van der Waals surface area (Å²) < 4.78 is 26.5. The smallest absolute Gasteiger partial charge is 0.267 e. The minimum atomic E-state index is -2.91. The lowest BCUT2D eigenvalue weighted by Gasteiger charge is -2.16. The number of para-hydroxylation sites is 1. The molecule has 30 heavy (non-hydrogen) atoms. The normalized spacial score (nSPS) is 15.1. The van der Waals surface area contributed by atoms with E-state index in [0.29, 0.717) is 10.9 Å². The van der Waals surface area contributed by atoms with Crippen molar-refractivity contribution >= 4 is 40.2 Å². The molecule has 4 N–H and O–H groups in total. The van der Waals surface area contributed by atoms with Gasteiger partial charge >= 0.3 is 0 Å². The van der Waals surface area contributed by atoms with Crippen molar-refractivity contribution < 1.29 is 28.0 Å². The molecule has 0 saturated carbocycles. The summed E-state index contributed by atoms with van der Waals surface area (Å²) in [5.41, 5.74) is 5.77. The van der Waals surface area contributed by atoms with Gasteiger partial charge in [-0.3, -0.25) is 24.2 Å². The van der Waals surface area contributed by atoms with Gasteiger partial charge in [0.15, 0.2) is 0 Å². The highest BCUT2D eigenvalue weighted by Crippen LogP contribution is 2.27. The zero-order valence-electron chi connectivity index (χ0n) is 15.8. The maximum Gasteiger partial charge on any atom is 0.267 e. The molecule has 0 unspecified atom stereocenters. The topological polar surface area (TPSA) is 134 Å². The Labute approximate surface area is 169 Å². The summed E-state index contributed by atoms with van der Waals surface area (Å²) in [5, 5.41) is 5.34. The van der Waals surface area contributed by atoms with Gasteiger partial charge in [-0.2, -0.15) is 0 Å². The lowest BCUT2D eigenvalue weighted by molar-refractivity contribution is -0.130. The number of halogens is 2. The van der Waals surface area contributed by atoms with Gasteiger partial charge in [-0.15, -0.1) is 0 Å². The van der Waals surface area contributed by atoms with E-state index in [1.807, 2.05) is 0 Å². The van der Waals surface area contributed by atoms with Gasteiger partial charge in [-0.1, -0.05) is 12.1 Å². The largest absolute Gasteiger partial charge is 0.369 e. The van der Waals surface area contributed by atoms with Gasteiger partial charge in [0.25, 0.3) is 11.8 Å². The van der Waals surface area contributed by atoms with Crippen molar-refractivity contribution in [1.29, 1.82) is 0 Å². The number of anilines is 1. The number of hydrogen-bond acceptors (Lipinski definition) is 5. The van der Waals surface area contributed by atoms with E-state index in [1.165, 1.54) is 12.3 Å². The Kier molecular flexibility index (Phi) is 5.90. The number of nitrogens with two attached hydrogens (primary N) is 1. The summed E-state index contributed by atoms with van der Waals surface area (Å²) in [5.74, 6) is -5.52. The number of carbonyl (C=O) groups is 4. The highest BCUT2D eigenvalue weighted by Gasteiger charge is 2.40. The van der Waals surface area contributed by atoms with Crippen LogP contribution in [0.2, 0.25) is 0 Å². The molecule has 0 atom stereocenters. The third-order valence-electron chi connectivity index (χ3n) is 4.55. The average Bonchev–Trinajstić information content (AvgIpc) is 3.05. The number of nitrogens with zero attached hydrogens (tertiary/aromatic N) is 2. The van der Waals surface area contributed by atoms with E-state index in [-0.39, 0.29) is 17.8 Å². The molecule has 1 fully saturated rings. The molecule has 11 heteroatoms. The van der Waals surface area contributed by atoms with Crippen LogP contribution < -0.4 is 16.4 Å². The van der Waals surface area contributed by atoms with Crippen molar-refractivity contribution in [2.75, 3.05) is 25.0 Å². The van der Waals surface area contributed by atoms with Crippen LogP contribution in [0.15, 0.2) is 30.5 Å². The van der Waals surface area contributed by atoms with Crippen LogP contribution in [0.25, 0.3) is 10.9 Å². The number of rotatable bonds is 6. The second kappa shape index (κ2) is 8.39. The average molecular weight is 419 g/mol. The fourth-order valence-corrected chi connectivity index (χ4v) is 3.14. The number of hydrogen-bond donors (Lipinski definition) is 3. The first-order chi connectivity index (χ1) is 14.2. The molecule has 2 aromatic rings. The van der Waals surface area contributed by atoms with Crippen molar-refractivity contribution in [3.63, 3.8) is 0 Å². The van der Waals surface area contributed by atoms with Crippen LogP contribution in [0, 0.1) is 0 Å². The van der Waals surface area contributed by atoms with Crippen LogP contribution in [-0.2, 0) is 14.4 Å². The minimum Gasteiger partial charge on any atom is -0.369 e. The standard InChI is InChI=1S/C19H19F2N5O4/c20-19(21)5-7-26(10-19)16(29)9-24-18(30)12-4-6-23-17-11(12)2-1-3-13(17)25-15(28)8-14(22)27/h1-4,6H,5,7-10H2,(H2,22,27)(H,24,30)(H,25,28). The lowest BCUT2D eigenvalue weighted by atomic mass is 10.1. The van der Waals surface area contributed by atoms with Crippen molar-refractivity contribution in [3.8, 4) is 0 Å². The van der Waals surface area contributed by atoms with Crippen LogP contribution in [-0.4, -0.2) is 59.1 Å². The van der Waals surface area contributed by atoms with Gasteiger partial charge < -0.3 is 21.3 Å². The van der Waals surface area contributed by atoms with Crippen molar-refractivity contribution in [2.24, 2.45) is 5.73 Å². The molecule has 4 amide bonds. The third-order valence-corrected chi connectivity index (χ3v) is 4.55. The molecule has 0 bridgehead atoms. The number of primary amides is 1. The lowest BCUT2D eigenvalue weighted by Crippen LogP contribution is -2.40. The monoisotopic (exact) mass is 419 g/mol. The molecule has 0 radical (unpaired) electrons. The van der Waals surface area contributed by atoms with Gasteiger partial charge in [-0.05, 0) is 12.1 Å². The SMILES string of the molecule is NC(=O)CC(=O)Nc1cccc2c(C(=O)NCC(=O)N3CCC(F)(F)C3)ccnc12.